The van der Waals surface area contributed by atoms with Crippen LogP contribution < -0.4 is 9.47 Å². The van der Waals surface area contributed by atoms with E-state index in [4.69, 9.17) is 37.4 Å². The van der Waals surface area contributed by atoms with Gasteiger partial charge >= 0.3 is 0 Å². The number of sulfonamides is 1. The third kappa shape index (κ3) is 8.33. The van der Waals surface area contributed by atoms with Gasteiger partial charge in [-0.05, 0) is 61.4 Å². The molecule has 0 radical (unpaired) electrons. The molecule has 3 aromatic rings. The van der Waals surface area contributed by atoms with Crippen LogP contribution in [0.3, 0.4) is 0 Å². The van der Waals surface area contributed by atoms with Crippen molar-refractivity contribution in [2.75, 3.05) is 47.6 Å². The van der Waals surface area contributed by atoms with Gasteiger partial charge in [0.25, 0.3) is 0 Å². The van der Waals surface area contributed by atoms with Crippen molar-refractivity contribution in [1.29, 1.82) is 0 Å². The minimum Gasteiger partial charge on any atom is -0.493 e. The van der Waals surface area contributed by atoms with E-state index >= 15 is 0 Å². The summed E-state index contributed by atoms with van der Waals surface area (Å²) in [5.74, 6) is 0.860. The van der Waals surface area contributed by atoms with Crippen LogP contribution >= 0.6 is 34.5 Å². The summed E-state index contributed by atoms with van der Waals surface area (Å²) < 4.78 is 44.1. The average Bonchev–Trinajstić information content (AvgIpc) is 3.33. The van der Waals surface area contributed by atoms with E-state index in [1.165, 1.54) is 25.3 Å². The number of benzene rings is 2. The lowest BCUT2D eigenvalue weighted by Crippen LogP contribution is -2.44. The van der Waals surface area contributed by atoms with Gasteiger partial charge in [-0.25, -0.2) is 8.42 Å². The van der Waals surface area contributed by atoms with Gasteiger partial charge in [0.05, 0.1) is 38.9 Å². The summed E-state index contributed by atoms with van der Waals surface area (Å²) in [4.78, 5) is 17.3. The molecule has 1 heterocycles. The molecule has 0 atom stereocenters. The molecule has 0 saturated heterocycles. The number of methoxy groups -OCH3 is 3. The lowest BCUT2D eigenvalue weighted by molar-refractivity contribution is -0.132. The first-order valence-corrected chi connectivity index (χ1v) is 15.1. The number of carbonyl (C=O) groups excluding carboxylic acids is 1. The summed E-state index contributed by atoms with van der Waals surface area (Å²) in [6, 6.07) is 13.8. The van der Waals surface area contributed by atoms with Crippen LogP contribution in [0.15, 0.2) is 53.4 Å². The first kappa shape index (κ1) is 31.2. The summed E-state index contributed by atoms with van der Waals surface area (Å²) in [5, 5.41) is 0.245. The second-order valence-corrected chi connectivity index (χ2v) is 12.8. The second kappa shape index (κ2) is 14.3. The van der Waals surface area contributed by atoms with Gasteiger partial charge in [-0.3, -0.25) is 4.79 Å². The van der Waals surface area contributed by atoms with Crippen molar-refractivity contribution in [3.63, 3.8) is 0 Å². The number of ether oxygens (including phenoxy) is 3. The van der Waals surface area contributed by atoms with Crippen molar-refractivity contribution in [3.8, 4) is 11.5 Å². The smallest absolute Gasteiger partial charge is 0.245 e. The van der Waals surface area contributed by atoms with Crippen LogP contribution in [0, 0.1) is 6.92 Å². The zero-order valence-corrected chi connectivity index (χ0v) is 25.4. The SMILES string of the molecule is COCCN(CC(=O)N(CCc1ccc(OC)c(OC)c1)Cc1ccc(C)s1)S(=O)(=O)c1cc(Cl)ccc1Cl. The Bertz CT molecular complexity index is 1380. The summed E-state index contributed by atoms with van der Waals surface area (Å²) in [6.07, 6.45) is 0.529. The molecule has 12 heteroatoms. The molecule has 3 rings (SSSR count). The monoisotopic (exact) mass is 614 g/mol. The van der Waals surface area contributed by atoms with Crippen LogP contribution in [0.1, 0.15) is 15.3 Å². The lowest BCUT2D eigenvalue weighted by atomic mass is 10.1. The minimum absolute atomic E-state index is 0.0219. The van der Waals surface area contributed by atoms with Gasteiger partial charge in [0.1, 0.15) is 4.90 Å². The van der Waals surface area contributed by atoms with Crippen LogP contribution in [0.2, 0.25) is 10.0 Å². The third-order valence-electron chi connectivity index (χ3n) is 5.98. The van der Waals surface area contributed by atoms with Crippen LogP contribution in [0.5, 0.6) is 11.5 Å². The summed E-state index contributed by atoms with van der Waals surface area (Å²) in [7, 11) is 0.457. The maximum atomic E-state index is 13.7. The first-order chi connectivity index (χ1) is 18.6. The second-order valence-electron chi connectivity index (χ2n) is 8.67. The number of rotatable bonds is 14. The fourth-order valence-electron chi connectivity index (χ4n) is 3.89. The van der Waals surface area contributed by atoms with E-state index in [1.807, 2.05) is 37.3 Å². The molecule has 0 aliphatic carbocycles. The fourth-order valence-corrected chi connectivity index (χ4v) is 6.91. The average molecular weight is 616 g/mol. The van der Waals surface area contributed by atoms with Crippen LogP contribution in [0.25, 0.3) is 0 Å². The predicted octanol–water partition coefficient (Wildman–Crippen LogP) is 5.29. The quantitative estimate of drug-likeness (QED) is 0.245. The van der Waals surface area contributed by atoms with Crippen molar-refractivity contribution in [1.82, 2.24) is 9.21 Å². The van der Waals surface area contributed by atoms with Crippen molar-refractivity contribution >= 4 is 50.5 Å². The van der Waals surface area contributed by atoms with Gasteiger partial charge < -0.3 is 19.1 Å². The Kier molecular flexibility index (Phi) is 11.5. The number of amides is 1. The summed E-state index contributed by atoms with van der Waals surface area (Å²) >= 11 is 13.9. The largest absolute Gasteiger partial charge is 0.493 e. The topological polar surface area (TPSA) is 85.4 Å². The van der Waals surface area contributed by atoms with Crippen LogP contribution in [-0.4, -0.2) is 71.1 Å². The summed E-state index contributed by atoms with van der Waals surface area (Å²) in [5.41, 5.74) is 0.947. The highest BCUT2D eigenvalue weighted by atomic mass is 35.5. The maximum Gasteiger partial charge on any atom is 0.245 e. The van der Waals surface area contributed by atoms with Gasteiger partial charge in [-0.1, -0.05) is 29.3 Å². The Hall–Kier alpha value is -2.34. The molecule has 0 aliphatic heterocycles. The molecule has 1 aromatic heterocycles. The number of aryl methyl sites for hydroxylation is 1. The number of carbonyl (C=O) groups is 1. The molecule has 8 nitrogen and oxygen atoms in total. The Morgan fingerprint density at radius 3 is 2.33 bits per heavy atom. The van der Waals surface area contributed by atoms with E-state index in [0.29, 0.717) is 31.0 Å². The van der Waals surface area contributed by atoms with Crippen LogP contribution in [0.4, 0.5) is 0 Å². The zero-order chi connectivity index (χ0) is 28.6. The minimum atomic E-state index is -4.15. The predicted molar refractivity (Wildman–Crippen MR) is 155 cm³/mol. The molecule has 0 bridgehead atoms. The standard InChI is InChI=1S/C27H32Cl2N2O6S2/c1-19-5-8-22(38-19)17-30(12-11-20-6-10-24(36-3)25(15-20)37-4)27(32)18-31(13-14-35-2)39(33,34)26-16-21(28)7-9-23(26)29/h5-10,15-16H,11-14,17-18H2,1-4H3. The number of hydrogen-bond donors (Lipinski definition) is 0. The molecule has 0 aliphatic rings. The van der Waals surface area contributed by atoms with E-state index < -0.39 is 10.0 Å². The fraction of sp³-hybridized carbons (Fsp3) is 0.370. The van der Waals surface area contributed by atoms with Crippen LogP contribution in [-0.2, 0) is 32.5 Å². The normalized spacial score (nSPS) is 11.6. The third-order valence-corrected chi connectivity index (χ3v) is 9.53. The Balaban J connectivity index is 1.87. The zero-order valence-electron chi connectivity index (χ0n) is 22.3. The van der Waals surface area contributed by atoms with Crippen molar-refractivity contribution < 1.29 is 27.4 Å². The van der Waals surface area contributed by atoms with Crippen molar-refractivity contribution in [3.05, 3.63) is 73.9 Å². The molecule has 0 fully saturated rings. The highest BCUT2D eigenvalue weighted by molar-refractivity contribution is 7.89. The molecule has 0 N–H and O–H groups in total. The van der Waals surface area contributed by atoms with Gasteiger partial charge in [0, 0.05) is 35.0 Å². The molecular weight excluding hydrogens is 583 g/mol. The van der Waals surface area contributed by atoms with E-state index in [1.54, 1.807) is 30.5 Å². The van der Waals surface area contributed by atoms with Crippen molar-refractivity contribution in [2.24, 2.45) is 0 Å². The molecule has 1 amide bonds. The molecule has 39 heavy (non-hydrogen) atoms. The molecule has 0 spiro atoms. The lowest BCUT2D eigenvalue weighted by Gasteiger charge is -2.27. The van der Waals surface area contributed by atoms with Gasteiger partial charge in [-0.15, -0.1) is 11.3 Å². The molecule has 0 saturated carbocycles. The molecule has 0 unspecified atom stereocenters. The van der Waals surface area contributed by atoms with E-state index in [9.17, 15) is 13.2 Å². The molecule has 212 valence electrons. The number of nitrogens with zero attached hydrogens (tertiary/aromatic N) is 2. The number of halogens is 2. The maximum absolute atomic E-state index is 13.7. The van der Waals surface area contributed by atoms with E-state index in [-0.39, 0.29) is 40.5 Å². The van der Waals surface area contributed by atoms with Gasteiger partial charge in [0.2, 0.25) is 15.9 Å². The highest BCUT2D eigenvalue weighted by Gasteiger charge is 2.30. The van der Waals surface area contributed by atoms with Gasteiger partial charge in [-0.2, -0.15) is 4.31 Å². The molecule has 2 aromatic carbocycles. The highest BCUT2D eigenvalue weighted by Crippen LogP contribution is 2.29. The Morgan fingerprint density at radius 1 is 0.949 bits per heavy atom. The number of hydrogen-bond acceptors (Lipinski definition) is 7. The van der Waals surface area contributed by atoms with Gasteiger partial charge in [0.15, 0.2) is 11.5 Å². The number of thiophene rings is 1. The Morgan fingerprint density at radius 2 is 1.69 bits per heavy atom. The first-order valence-electron chi connectivity index (χ1n) is 12.1. The Labute approximate surface area is 244 Å². The summed E-state index contributed by atoms with van der Waals surface area (Å²) in [6.45, 7) is 2.39. The van der Waals surface area contributed by atoms with Crippen molar-refractivity contribution in [2.45, 2.75) is 24.8 Å². The van der Waals surface area contributed by atoms with E-state index in [2.05, 4.69) is 0 Å². The molecular formula is C27H32Cl2N2O6S2. The van der Waals surface area contributed by atoms with E-state index in [0.717, 1.165) is 19.6 Å².